The van der Waals surface area contributed by atoms with Crippen LogP contribution in [0.4, 0.5) is 13.2 Å². The molecule has 6 nitrogen and oxygen atoms in total. The summed E-state index contributed by atoms with van der Waals surface area (Å²) >= 11 is 0. The third kappa shape index (κ3) is 3.90. The van der Waals surface area contributed by atoms with Crippen LogP contribution in [0, 0.1) is 5.92 Å². The summed E-state index contributed by atoms with van der Waals surface area (Å²) in [4.78, 5) is 17.5. The van der Waals surface area contributed by atoms with Crippen molar-refractivity contribution >= 4 is 27.8 Å². The number of nitrogens with zero attached hydrogens (tertiary/aromatic N) is 4. The number of carbonyl (C=O) groups excluding carboxylic acids is 1. The summed E-state index contributed by atoms with van der Waals surface area (Å²) in [5.74, 6) is 0.213. The Balaban J connectivity index is 1.40. The maximum Gasteiger partial charge on any atom is 0.416 e. The lowest BCUT2D eigenvalue weighted by molar-refractivity contribution is -0.137. The molecule has 6 rings (SSSR count). The SMILES string of the molecule is Cn1cc2c3cc(C(=O)NC(c4cccnc4)C4CC4)ccc3n(-c3ccc(C(F)(F)F)cc3)c2n1. The molecule has 1 aliphatic carbocycles. The number of aryl methyl sites for hydroxylation is 1. The summed E-state index contributed by atoms with van der Waals surface area (Å²) in [5, 5.41) is 9.33. The topological polar surface area (TPSA) is 64.7 Å². The molecule has 0 aliphatic heterocycles. The largest absolute Gasteiger partial charge is 0.416 e. The highest BCUT2D eigenvalue weighted by atomic mass is 19.4. The second kappa shape index (κ2) is 8.22. The first-order chi connectivity index (χ1) is 17.3. The van der Waals surface area contributed by atoms with Gasteiger partial charge < -0.3 is 5.32 Å². The van der Waals surface area contributed by atoms with E-state index in [0.717, 1.165) is 46.8 Å². The van der Waals surface area contributed by atoms with Crippen LogP contribution in [0.15, 0.2) is 73.2 Å². The number of amides is 1. The summed E-state index contributed by atoms with van der Waals surface area (Å²) in [6.07, 6.45) is 3.06. The average molecular weight is 490 g/mol. The van der Waals surface area contributed by atoms with E-state index in [4.69, 9.17) is 0 Å². The van der Waals surface area contributed by atoms with Gasteiger partial charge in [-0.3, -0.25) is 19.0 Å². The van der Waals surface area contributed by atoms with E-state index in [2.05, 4.69) is 15.4 Å². The second-order valence-electron chi connectivity index (χ2n) is 9.23. The maximum atomic E-state index is 13.3. The van der Waals surface area contributed by atoms with Crippen LogP contribution in [0.2, 0.25) is 0 Å². The number of aromatic nitrogens is 4. The lowest BCUT2D eigenvalue weighted by atomic mass is 10.0. The van der Waals surface area contributed by atoms with E-state index in [-0.39, 0.29) is 11.9 Å². The Labute approximate surface area is 204 Å². The van der Waals surface area contributed by atoms with Gasteiger partial charge >= 0.3 is 6.18 Å². The lowest BCUT2D eigenvalue weighted by Crippen LogP contribution is -2.29. The van der Waals surface area contributed by atoms with Gasteiger partial charge in [0.1, 0.15) is 0 Å². The molecule has 182 valence electrons. The molecule has 0 saturated heterocycles. The molecule has 0 radical (unpaired) electrons. The van der Waals surface area contributed by atoms with Gasteiger partial charge in [0, 0.05) is 47.7 Å². The van der Waals surface area contributed by atoms with Crippen LogP contribution in [-0.2, 0) is 13.2 Å². The van der Waals surface area contributed by atoms with E-state index < -0.39 is 11.7 Å². The number of halogens is 3. The minimum atomic E-state index is -4.41. The van der Waals surface area contributed by atoms with Crippen molar-refractivity contribution in [1.82, 2.24) is 24.6 Å². The van der Waals surface area contributed by atoms with Gasteiger partial charge in [-0.2, -0.15) is 18.3 Å². The zero-order chi connectivity index (χ0) is 25.0. The molecule has 3 aromatic heterocycles. The van der Waals surface area contributed by atoms with E-state index in [1.165, 1.54) is 12.1 Å². The van der Waals surface area contributed by atoms with Gasteiger partial charge in [0.05, 0.1) is 17.1 Å². The van der Waals surface area contributed by atoms with Crippen LogP contribution in [0.1, 0.15) is 40.4 Å². The first-order valence-electron chi connectivity index (χ1n) is 11.7. The number of hydrogen-bond acceptors (Lipinski definition) is 3. The van der Waals surface area contributed by atoms with Gasteiger partial charge in [-0.1, -0.05) is 6.07 Å². The lowest BCUT2D eigenvalue weighted by Gasteiger charge is -2.18. The van der Waals surface area contributed by atoms with E-state index in [9.17, 15) is 18.0 Å². The van der Waals surface area contributed by atoms with Crippen LogP contribution < -0.4 is 5.32 Å². The quantitative estimate of drug-likeness (QED) is 0.339. The molecular weight excluding hydrogens is 467 g/mol. The number of pyridine rings is 1. The molecule has 1 N–H and O–H groups in total. The first-order valence-corrected chi connectivity index (χ1v) is 11.7. The molecule has 0 spiro atoms. The van der Waals surface area contributed by atoms with Crippen LogP contribution >= 0.6 is 0 Å². The zero-order valence-corrected chi connectivity index (χ0v) is 19.3. The molecule has 0 bridgehead atoms. The molecule has 5 aromatic rings. The summed E-state index contributed by atoms with van der Waals surface area (Å²) in [6.45, 7) is 0. The Hall–Kier alpha value is -4.14. The monoisotopic (exact) mass is 489 g/mol. The summed E-state index contributed by atoms with van der Waals surface area (Å²) in [6, 6.07) is 14.1. The highest BCUT2D eigenvalue weighted by Crippen LogP contribution is 2.41. The van der Waals surface area contributed by atoms with Gasteiger partial charge in [0.25, 0.3) is 5.91 Å². The molecule has 1 aliphatic rings. The van der Waals surface area contributed by atoms with Crippen LogP contribution in [0.5, 0.6) is 0 Å². The predicted octanol–water partition coefficient (Wildman–Crippen LogP) is 5.81. The molecule has 1 amide bonds. The fourth-order valence-electron chi connectivity index (χ4n) is 4.78. The van der Waals surface area contributed by atoms with E-state index in [1.807, 2.05) is 35.0 Å². The molecular formula is C27H22F3N5O. The Morgan fingerprint density at radius 1 is 1.08 bits per heavy atom. The Bertz CT molecular complexity index is 1580. The van der Waals surface area contributed by atoms with Gasteiger partial charge in [0.15, 0.2) is 5.65 Å². The van der Waals surface area contributed by atoms with Crippen molar-refractivity contribution in [3.05, 3.63) is 89.9 Å². The first kappa shape index (κ1) is 22.3. The number of alkyl halides is 3. The van der Waals surface area contributed by atoms with Crippen molar-refractivity contribution in [2.75, 3.05) is 0 Å². The molecule has 36 heavy (non-hydrogen) atoms. The molecule has 1 unspecified atom stereocenters. The molecule has 1 fully saturated rings. The Morgan fingerprint density at radius 2 is 1.86 bits per heavy atom. The standard InChI is InChI=1S/C27H22F3N5O/c1-34-15-22-21-13-17(26(36)32-24(16-4-5-16)18-3-2-12-31-14-18)6-11-23(21)35(25(22)33-34)20-9-7-19(8-10-20)27(28,29)30/h2-3,6-16,24H,4-5H2,1H3,(H,32,36). The Morgan fingerprint density at radius 3 is 2.53 bits per heavy atom. The maximum absolute atomic E-state index is 13.3. The van der Waals surface area contributed by atoms with Crippen LogP contribution in [0.25, 0.3) is 27.6 Å². The minimum Gasteiger partial charge on any atom is -0.345 e. The van der Waals surface area contributed by atoms with Gasteiger partial charge in [0.2, 0.25) is 0 Å². The Kier molecular flexibility index (Phi) is 5.10. The van der Waals surface area contributed by atoms with Gasteiger partial charge in [-0.15, -0.1) is 0 Å². The number of benzene rings is 2. The summed E-state index contributed by atoms with van der Waals surface area (Å²) < 4.78 is 42.7. The minimum absolute atomic E-state index is 0.1000. The smallest absolute Gasteiger partial charge is 0.345 e. The molecule has 2 aromatic carbocycles. The van der Waals surface area contributed by atoms with Crippen molar-refractivity contribution < 1.29 is 18.0 Å². The number of nitrogens with one attached hydrogen (secondary N) is 1. The van der Waals surface area contributed by atoms with Crippen molar-refractivity contribution in [3.63, 3.8) is 0 Å². The number of carbonyl (C=O) groups is 1. The zero-order valence-electron chi connectivity index (χ0n) is 19.3. The average Bonchev–Trinajstić information content (AvgIpc) is 3.58. The van der Waals surface area contributed by atoms with Gasteiger partial charge in [-0.25, -0.2) is 0 Å². The predicted molar refractivity (Wildman–Crippen MR) is 130 cm³/mol. The van der Waals surface area contributed by atoms with E-state index >= 15 is 0 Å². The number of rotatable bonds is 5. The highest BCUT2D eigenvalue weighted by Gasteiger charge is 2.34. The number of fused-ring (bicyclic) bond motifs is 3. The fraction of sp³-hybridized carbons (Fsp3) is 0.222. The third-order valence-corrected chi connectivity index (χ3v) is 6.69. The number of hydrogen-bond donors (Lipinski definition) is 1. The summed E-state index contributed by atoms with van der Waals surface area (Å²) in [7, 11) is 1.79. The van der Waals surface area contributed by atoms with E-state index in [0.29, 0.717) is 22.8 Å². The van der Waals surface area contributed by atoms with E-state index in [1.54, 1.807) is 30.2 Å². The summed E-state index contributed by atoms with van der Waals surface area (Å²) in [5.41, 5.74) is 2.71. The highest BCUT2D eigenvalue weighted by molar-refractivity contribution is 6.10. The van der Waals surface area contributed by atoms with Crippen molar-refractivity contribution in [2.24, 2.45) is 13.0 Å². The van der Waals surface area contributed by atoms with Crippen LogP contribution in [0.3, 0.4) is 0 Å². The molecule has 1 saturated carbocycles. The second-order valence-corrected chi connectivity index (χ2v) is 9.23. The third-order valence-electron chi connectivity index (χ3n) is 6.69. The molecule has 9 heteroatoms. The molecule has 1 atom stereocenters. The normalized spacial score (nSPS) is 14.9. The van der Waals surface area contributed by atoms with Crippen molar-refractivity contribution in [3.8, 4) is 5.69 Å². The van der Waals surface area contributed by atoms with Crippen molar-refractivity contribution in [2.45, 2.75) is 25.1 Å². The van der Waals surface area contributed by atoms with Crippen molar-refractivity contribution in [1.29, 1.82) is 0 Å². The molecule has 3 heterocycles. The van der Waals surface area contributed by atoms with Gasteiger partial charge in [-0.05, 0) is 72.9 Å². The van der Waals surface area contributed by atoms with Crippen LogP contribution in [-0.4, -0.2) is 25.2 Å². The fourth-order valence-corrected chi connectivity index (χ4v) is 4.78.